The van der Waals surface area contributed by atoms with Crippen molar-refractivity contribution in [2.45, 2.75) is 18.5 Å². The van der Waals surface area contributed by atoms with Crippen LogP contribution in [-0.2, 0) is 17.5 Å². The van der Waals surface area contributed by atoms with E-state index >= 15 is 0 Å². The van der Waals surface area contributed by atoms with Gasteiger partial charge in [-0.15, -0.1) is 0 Å². The van der Waals surface area contributed by atoms with Crippen LogP contribution in [0.3, 0.4) is 0 Å². The molecule has 0 aromatic heterocycles. The first-order valence-corrected chi connectivity index (χ1v) is 4.10. The maximum atomic E-state index is 11.6. The van der Waals surface area contributed by atoms with Crippen LogP contribution in [0.2, 0.25) is 5.36 Å². The number of hydrogen-bond acceptors (Lipinski definition) is 1. The van der Waals surface area contributed by atoms with Gasteiger partial charge in [0.15, 0.2) is 0 Å². The van der Waals surface area contributed by atoms with Gasteiger partial charge in [0.1, 0.15) is 0 Å². The van der Waals surface area contributed by atoms with Gasteiger partial charge in [0.05, 0.1) is 0 Å². The first kappa shape index (κ1) is 9.84. The molecule has 0 bridgehead atoms. The molecule has 0 heterocycles. The number of rotatable bonds is 2. The van der Waals surface area contributed by atoms with Crippen molar-refractivity contribution in [1.29, 1.82) is 0 Å². The van der Waals surface area contributed by atoms with E-state index in [1.54, 1.807) is 0 Å². The van der Waals surface area contributed by atoms with Crippen molar-refractivity contribution < 1.29 is 30.6 Å². The molecule has 1 nitrogen and oxygen atoms in total. The summed E-state index contributed by atoms with van der Waals surface area (Å²) < 4.78 is 44.2. The zero-order valence-electron chi connectivity index (χ0n) is 5.29. The van der Waals surface area contributed by atoms with Crippen LogP contribution in [0.15, 0.2) is 11.1 Å². The molecular weight excluding hydrogens is 192 g/mol. The van der Waals surface area contributed by atoms with Crippen LogP contribution in [0.4, 0.5) is 13.2 Å². The molecule has 0 fully saturated rings. The van der Waals surface area contributed by atoms with Gasteiger partial charge >= 0.3 is 60.2 Å². The monoisotopic (exact) mass is 199 g/mol. The fraction of sp³-hybridized carbons (Fsp3) is 0.600. The molecular formula is C5H7CoF3O. The third-order valence-electron chi connectivity index (χ3n) is 0.733. The van der Waals surface area contributed by atoms with Crippen molar-refractivity contribution in [1.82, 2.24) is 0 Å². The molecule has 0 aromatic carbocycles. The Kier molecular flexibility index (Phi) is 3.24. The van der Waals surface area contributed by atoms with Crippen LogP contribution in [0.25, 0.3) is 0 Å². The zero-order valence-corrected chi connectivity index (χ0v) is 6.33. The van der Waals surface area contributed by atoms with Crippen molar-refractivity contribution >= 4 is 0 Å². The van der Waals surface area contributed by atoms with Gasteiger partial charge in [-0.3, -0.25) is 0 Å². The summed E-state index contributed by atoms with van der Waals surface area (Å²) in [6.45, 7) is 4.11. The fourth-order valence-electron chi connectivity index (χ4n) is 0.248. The van der Waals surface area contributed by atoms with Gasteiger partial charge in [0.2, 0.25) is 0 Å². The van der Waals surface area contributed by atoms with Crippen molar-refractivity contribution in [3.8, 4) is 0 Å². The average molecular weight is 199 g/mol. The van der Waals surface area contributed by atoms with Gasteiger partial charge in [-0.25, -0.2) is 0 Å². The molecule has 0 saturated carbocycles. The summed E-state index contributed by atoms with van der Waals surface area (Å²) in [6, 6.07) is 0. The molecule has 0 N–H and O–H groups in total. The molecule has 0 rings (SSSR count). The molecule has 0 radical (unpaired) electrons. The number of halogens is 3. The van der Waals surface area contributed by atoms with E-state index in [2.05, 4.69) is 6.58 Å². The Balaban J connectivity index is 4.24. The predicted octanol–water partition coefficient (Wildman–Crippen LogP) is 2.46. The third kappa shape index (κ3) is 2.61. The average Bonchev–Trinajstić information content (AvgIpc) is 1.83. The van der Waals surface area contributed by atoms with Crippen LogP contribution in [-0.4, -0.2) is 6.18 Å². The van der Waals surface area contributed by atoms with Gasteiger partial charge < -0.3 is 0 Å². The van der Waals surface area contributed by atoms with E-state index in [1.807, 2.05) is 0 Å². The van der Waals surface area contributed by atoms with E-state index in [4.69, 9.17) is 0 Å². The third-order valence-corrected chi connectivity index (χ3v) is 2.40. The molecule has 0 saturated heterocycles. The van der Waals surface area contributed by atoms with Crippen molar-refractivity contribution in [2.24, 2.45) is 0 Å². The molecule has 10 heavy (non-hydrogen) atoms. The second kappa shape index (κ2) is 3.29. The van der Waals surface area contributed by atoms with Gasteiger partial charge in [-0.2, -0.15) is 0 Å². The van der Waals surface area contributed by atoms with Crippen molar-refractivity contribution in [3.05, 3.63) is 11.1 Å². The maximum absolute atomic E-state index is 11.6. The molecule has 5 heteroatoms. The zero-order chi connectivity index (χ0) is 8.36. The number of alkyl halides is 3. The van der Waals surface area contributed by atoms with E-state index in [-0.39, 0.29) is 5.36 Å². The molecule has 0 spiro atoms. The van der Waals surface area contributed by atoms with E-state index < -0.39 is 24.3 Å². The summed E-state index contributed by atoms with van der Waals surface area (Å²) >= 11 is -2.28. The van der Waals surface area contributed by atoms with Crippen LogP contribution < -0.4 is 0 Å². The second-order valence-electron chi connectivity index (χ2n) is 1.39. The summed E-state index contributed by atoms with van der Waals surface area (Å²) in [5.41, 5.74) is 0. The van der Waals surface area contributed by atoms with E-state index in [9.17, 15) is 17.0 Å². The summed E-state index contributed by atoms with van der Waals surface area (Å²) in [7, 11) is 0. The predicted molar refractivity (Wildman–Crippen MR) is 26.4 cm³/mol. The number of hydrogen-bond donors (Lipinski definition) is 0. The van der Waals surface area contributed by atoms with Crippen molar-refractivity contribution in [3.63, 3.8) is 0 Å². The Morgan fingerprint density at radius 2 is 2.00 bits per heavy atom. The Morgan fingerprint density at radius 3 is 2.10 bits per heavy atom. The molecule has 0 aliphatic rings. The Labute approximate surface area is 60.9 Å². The normalized spacial score (nSPS) is 13.0. The van der Waals surface area contributed by atoms with Crippen LogP contribution in [0.5, 0.6) is 0 Å². The standard InChI is InChI=1S/C3H2F3.C2H5.Co.O/c1-2-3(4,5)6;1-2;;/h1H2;1H2,2H3;;. The van der Waals surface area contributed by atoms with Crippen LogP contribution >= 0.6 is 0 Å². The molecule has 0 aromatic rings. The quantitative estimate of drug-likeness (QED) is 0.667. The summed E-state index contributed by atoms with van der Waals surface area (Å²) in [6.07, 6.45) is -4.50. The fourth-order valence-corrected chi connectivity index (χ4v) is 1.02. The van der Waals surface area contributed by atoms with E-state index in [0.29, 0.717) is 0 Å². The van der Waals surface area contributed by atoms with Gasteiger partial charge in [-0.1, -0.05) is 0 Å². The molecule has 0 amide bonds. The topological polar surface area (TPSA) is 17.1 Å². The van der Waals surface area contributed by atoms with Crippen LogP contribution in [0.1, 0.15) is 6.92 Å². The van der Waals surface area contributed by atoms with Gasteiger partial charge in [0, 0.05) is 0 Å². The first-order chi connectivity index (χ1) is 4.39. The summed E-state index contributed by atoms with van der Waals surface area (Å²) in [5, 5.41) is -0.00859. The second-order valence-corrected chi connectivity index (χ2v) is 3.64. The van der Waals surface area contributed by atoms with Crippen LogP contribution in [0, 0.1) is 0 Å². The Morgan fingerprint density at radius 1 is 1.60 bits per heavy atom. The molecule has 0 aliphatic heterocycles. The molecule has 0 unspecified atom stereocenters. The minimum absolute atomic E-state index is 0.00859. The SMILES string of the molecule is C=[C]([Co](=[O])[CH2]C)C(F)(F)F. The van der Waals surface area contributed by atoms with Gasteiger partial charge in [-0.05, 0) is 0 Å². The Hall–Kier alpha value is -0.164. The summed E-state index contributed by atoms with van der Waals surface area (Å²) in [4.78, 5) is 0. The minimum atomic E-state index is -4.50. The van der Waals surface area contributed by atoms with E-state index in [1.165, 1.54) is 6.92 Å². The van der Waals surface area contributed by atoms with Crippen molar-refractivity contribution in [2.75, 3.05) is 0 Å². The molecule has 63 valence electrons. The molecule has 0 aliphatic carbocycles. The summed E-state index contributed by atoms with van der Waals surface area (Å²) in [5.74, 6) is 0. The molecule has 0 atom stereocenters. The van der Waals surface area contributed by atoms with E-state index in [0.717, 1.165) is 0 Å². The van der Waals surface area contributed by atoms with Gasteiger partial charge in [0.25, 0.3) is 0 Å². The Bertz CT molecular complexity index is 161. The number of allylic oxidation sites excluding steroid dienone is 1. The first-order valence-electron chi connectivity index (χ1n) is 2.42.